The van der Waals surface area contributed by atoms with Crippen LogP contribution in [0.1, 0.15) is 34.3 Å². The summed E-state index contributed by atoms with van der Waals surface area (Å²) < 4.78 is 32.8. The molecule has 2 fully saturated rings. The van der Waals surface area contributed by atoms with E-state index < -0.39 is 11.6 Å². The quantitative estimate of drug-likeness (QED) is 0.268. The molecule has 3 aromatic carbocycles. The van der Waals surface area contributed by atoms with Gasteiger partial charge >= 0.3 is 0 Å². The number of nitrogens with zero attached hydrogens (tertiary/aromatic N) is 3. The van der Waals surface area contributed by atoms with Crippen molar-refractivity contribution in [3.63, 3.8) is 0 Å². The molecule has 1 aromatic heterocycles. The Morgan fingerprint density at radius 1 is 0.952 bits per heavy atom. The predicted molar refractivity (Wildman–Crippen MR) is 161 cm³/mol. The van der Waals surface area contributed by atoms with Gasteiger partial charge in [0.1, 0.15) is 11.6 Å². The number of benzene rings is 3. The fourth-order valence-electron chi connectivity index (χ4n) is 5.70. The molecule has 0 unspecified atom stereocenters. The second-order valence-electron chi connectivity index (χ2n) is 11.2. The molecule has 3 heterocycles. The van der Waals surface area contributed by atoms with Crippen LogP contribution in [0.25, 0.3) is 10.9 Å². The van der Waals surface area contributed by atoms with Crippen molar-refractivity contribution in [3.8, 4) is 0 Å². The standard InChI is InChI=1S/C32H36F2N6O2/c1-39-10-12-40(13-11-39)26-5-6-27(30(20-26)35-25-8-14-42-15-9-25)32(41)36-31-28-18-21(4-7-29(28)37-38-31)2-3-22-16-23(33)19-24(34)17-22/h4-7,16-20,25,35H,2-3,8-15H2,1H3,(H2,36,37,38,41). The highest BCUT2D eigenvalue weighted by molar-refractivity contribution is 6.11. The van der Waals surface area contributed by atoms with Gasteiger partial charge in [-0.1, -0.05) is 6.07 Å². The zero-order valence-corrected chi connectivity index (χ0v) is 23.8. The maximum atomic E-state index is 13.7. The molecular formula is C32H36F2N6O2. The highest BCUT2D eigenvalue weighted by atomic mass is 19.1. The molecule has 1 amide bonds. The largest absolute Gasteiger partial charge is 0.381 e. The van der Waals surface area contributed by atoms with Crippen molar-refractivity contribution in [2.45, 2.75) is 31.7 Å². The summed E-state index contributed by atoms with van der Waals surface area (Å²) in [6.45, 7) is 5.28. The number of carbonyl (C=O) groups excluding carboxylic acids is 1. The SMILES string of the molecule is CN1CCN(c2ccc(C(=O)Nc3n[nH]c4ccc(CCc5cc(F)cc(F)c5)cc34)c(NC3CCOCC3)c2)CC1. The Morgan fingerprint density at radius 2 is 1.69 bits per heavy atom. The number of amides is 1. The number of fused-ring (bicyclic) bond motifs is 1. The first-order valence-corrected chi connectivity index (χ1v) is 14.6. The zero-order valence-electron chi connectivity index (χ0n) is 23.8. The first-order valence-electron chi connectivity index (χ1n) is 14.6. The van der Waals surface area contributed by atoms with E-state index in [0.29, 0.717) is 43.0 Å². The molecular weight excluding hydrogens is 538 g/mol. The average Bonchev–Trinajstić information content (AvgIpc) is 3.38. The second-order valence-corrected chi connectivity index (χ2v) is 11.2. The third-order valence-corrected chi connectivity index (χ3v) is 8.18. The van der Waals surface area contributed by atoms with Crippen molar-refractivity contribution in [2.24, 2.45) is 0 Å². The van der Waals surface area contributed by atoms with Crippen LogP contribution in [0.15, 0.2) is 54.6 Å². The van der Waals surface area contributed by atoms with Crippen LogP contribution < -0.4 is 15.5 Å². The van der Waals surface area contributed by atoms with Crippen LogP contribution in [0.2, 0.25) is 0 Å². The molecule has 0 bridgehead atoms. The van der Waals surface area contributed by atoms with Crippen molar-refractivity contribution in [1.82, 2.24) is 15.1 Å². The van der Waals surface area contributed by atoms with Crippen LogP contribution in [0.5, 0.6) is 0 Å². The summed E-state index contributed by atoms with van der Waals surface area (Å²) in [5.41, 5.74) is 4.82. The summed E-state index contributed by atoms with van der Waals surface area (Å²) in [7, 11) is 2.14. The maximum Gasteiger partial charge on any atom is 0.258 e. The van der Waals surface area contributed by atoms with Crippen LogP contribution in [-0.2, 0) is 17.6 Å². The summed E-state index contributed by atoms with van der Waals surface area (Å²) in [4.78, 5) is 18.4. The van der Waals surface area contributed by atoms with E-state index in [1.807, 2.05) is 30.3 Å². The molecule has 2 aliphatic rings. The molecule has 6 rings (SSSR count). The highest BCUT2D eigenvalue weighted by Crippen LogP contribution is 2.29. The predicted octanol–water partition coefficient (Wildman–Crippen LogP) is 5.22. The third kappa shape index (κ3) is 6.55. The van der Waals surface area contributed by atoms with E-state index in [9.17, 15) is 13.6 Å². The number of hydrogen-bond donors (Lipinski definition) is 3. The van der Waals surface area contributed by atoms with E-state index in [1.54, 1.807) is 0 Å². The highest BCUT2D eigenvalue weighted by Gasteiger charge is 2.22. The topological polar surface area (TPSA) is 85.5 Å². The Morgan fingerprint density at radius 3 is 2.45 bits per heavy atom. The van der Waals surface area contributed by atoms with Gasteiger partial charge in [0, 0.05) is 68.3 Å². The molecule has 2 saturated heterocycles. The average molecular weight is 575 g/mol. The monoisotopic (exact) mass is 574 g/mol. The maximum absolute atomic E-state index is 13.7. The lowest BCUT2D eigenvalue weighted by Gasteiger charge is -2.34. The smallest absolute Gasteiger partial charge is 0.258 e. The number of H-pyrrole nitrogens is 1. The zero-order chi connectivity index (χ0) is 29.1. The summed E-state index contributed by atoms with van der Waals surface area (Å²) in [5.74, 6) is -0.970. The molecule has 0 atom stereocenters. The lowest BCUT2D eigenvalue weighted by Crippen LogP contribution is -2.44. The third-order valence-electron chi connectivity index (χ3n) is 8.18. The van der Waals surface area contributed by atoms with E-state index in [-0.39, 0.29) is 11.9 Å². The summed E-state index contributed by atoms with van der Waals surface area (Å²) in [6, 6.07) is 15.6. The normalized spacial score (nSPS) is 16.6. The first-order chi connectivity index (χ1) is 20.4. The molecule has 10 heteroatoms. The van der Waals surface area contributed by atoms with E-state index in [0.717, 1.165) is 72.9 Å². The van der Waals surface area contributed by atoms with Crippen LogP contribution in [0.3, 0.4) is 0 Å². The van der Waals surface area contributed by atoms with Gasteiger partial charge in [-0.25, -0.2) is 8.78 Å². The van der Waals surface area contributed by atoms with Gasteiger partial charge in [0.05, 0.1) is 11.1 Å². The first kappa shape index (κ1) is 28.1. The molecule has 220 valence electrons. The van der Waals surface area contributed by atoms with E-state index in [4.69, 9.17) is 4.74 Å². The minimum absolute atomic E-state index is 0.230. The van der Waals surface area contributed by atoms with Gasteiger partial charge in [-0.15, -0.1) is 0 Å². The van der Waals surface area contributed by atoms with Crippen LogP contribution in [0.4, 0.5) is 26.0 Å². The summed E-state index contributed by atoms with van der Waals surface area (Å²) in [6.07, 6.45) is 2.84. The Labute approximate surface area is 244 Å². The fraction of sp³-hybridized carbons (Fsp3) is 0.375. The van der Waals surface area contributed by atoms with Gasteiger partial charge in [0.15, 0.2) is 5.82 Å². The molecule has 42 heavy (non-hydrogen) atoms. The molecule has 0 saturated carbocycles. The number of halogens is 2. The fourth-order valence-corrected chi connectivity index (χ4v) is 5.70. The van der Waals surface area contributed by atoms with E-state index in [1.165, 1.54) is 12.1 Å². The van der Waals surface area contributed by atoms with Crippen molar-refractivity contribution >= 4 is 34.0 Å². The number of piperazine rings is 1. The van der Waals surface area contributed by atoms with Crippen LogP contribution in [0, 0.1) is 11.6 Å². The van der Waals surface area contributed by atoms with Gasteiger partial charge in [0.25, 0.3) is 5.91 Å². The van der Waals surface area contributed by atoms with Gasteiger partial charge in [-0.2, -0.15) is 5.10 Å². The molecule has 4 aromatic rings. The lowest BCUT2D eigenvalue weighted by molar-refractivity contribution is 0.0904. The molecule has 8 nitrogen and oxygen atoms in total. The van der Waals surface area contributed by atoms with Crippen molar-refractivity contribution in [3.05, 3.63) is 82.9 Å². The van der Waals surface area contributed by atoms with Gasteiger partial charge in [-0.05, 0) is 86.3 Å². The Bertz CT molecular complexity index is 1540. The Balaban J connectivity index is 1.22. The number of anilines is 3. The molecule has 2 aliphatic heterocycles. The van der Waals surface area contributed by atoms with Crippen molar-refractivity contribution < 1.29 is 18.3 Å². The minimum Gasteiger partial charge on any atom is -0.381 e. The molecule has 0 spiro atoms. The van der Waals surface area contributed by atoms with Crippen molar-refractivity contribution in [2.75, 3.05) is 62.0 Å². The number of aryl methyl sites for hydroxylation is 2. The van der Waals surface area contributed by atoms with Gasteiger partial charge < -0.3 is 25.2 Å². The van der Waals surface area contributed by atoms with Gasteiger partial charge in [0.2, 0.25) is 0 Å². The van der Waals surface area contributed by atoms with Crippen LogP contribution >= 0.6 is 0 Å². The van der Waals surface area contributed by atoms with E-state index >= 15 is 0 Å². The van der Waals surface area contributed by atoms with Crippen molar-refractivity contribution in [1.29, 1.82) is 0 Å². The number of aromatic amines is 1. The Hall–Kier alpha value is -4.02. The number of nitrogens with one attached hydrogen (secondary N) is 3. The lowest BCUT2D eigenvalue weighted by atomic mass is 10.0. The number of likely N-dealkylation sites (N-methyl/N-ethyl adjacent to an activating group) is 1. The van der Waals surface area contributed by atoms with E-state index in [2.05, 4.69) is 43.7 Å². The molecule has 3 N–H and O–H groups in total. The van der Waals surface area contributed by atoms with Gasteiger partial charge in [-0.3, -0.25) is 9.89 Å². The summed E-state index contributed by atoms with van der Waals surface area (Å²) >= 11 is 0. The minimum atomic E-state index is -0.581. The number of aromatic nitrogens is 2. The number of carbonyl (C=O) groups is 1. The number of rotatable bonds is 8. The molecule has 0 aliphatic carbocycles. The second kappa shape index (κ2) is 12.5. The number of ether oxygens (including phenoxy) is 1. The van der Waals surface area contributed by atoms with Crippen LogP contribution in [-0.4, -0.2) is 73.5 Å². The number of hydrogen-bond acceptors (Lipinski definition) is 6. The summed E-state index contributed by atoms with van der Waals surface area (Å²) in [5, 5.41) is 14.8. The molecule has 0 radical (unpaired) electrons. The Kier molecular flexibility index (Phi) is 8.34.